The number of imidazole rings is 1. The van der Waals surface area contributed by atoms with Gasteiger partial charge in [-0.25, -0.2) is 13.8 Å². The van der Waals surface area contributed by atoms with Crippen LogP contribution in [0.5, 0.6) is 0 Å². The van der Waals surface area contributed by atoms with Gasteiger partial charge in [0, 0.05) is 5.69 Å². The third-order valence-corrected chi connectivity index (χ3v) is 3.30. The number of alkyl halides is 1. The average molecular weight is 293 g/mol. The van der Waals surface area contributed by atoms with Crippen LogP contribution in [-0.2, 0) is 0 Å². The lowest BCUT2D eigenvalue weighted by Gasteiger charge is -2.10. The first-order valence-corrected chi connectivity index (χ1v) is 6.58. The highest BCUT2D eigenvalue weighted by Crippen LogP contribution is 2.29. The van der Waals surface area contributed by atoms with Crippen LogP contribution in [-0.4, -0.2) is 9.55 Å². The van der Waals surface area contributed by atoms with Crippen LogP contribution in [0.1, 0.15) is 18.1 Å². The van der Waals surface area contributed by atoms with Crippen LogP contribution in [0.25, 0.3) is 16.7 Å². The van der Waals surface area contributed by atoms with E-state index >= 15 is 0 Å². The molecule has 0 saturated heterocycles. The zero-order valence-electron chi connectivity index (χ0n) is 10.6. The molecule has 3 aromatic rings. The van der Waals surface area contributed by atoms with Crippen molar-refractivity contribution in [3.05, 3.63) is 59.9 Å². The Hall–Kier alpha value is -1.94. The highest BCUT2D eigenvalue weighted by atomic mass is 35.5. The second-order valence-corrected chi connectivity index (χ2v) is 5.16. The lowest BCUT2D eigenvalue weighted by Crippen LogP contribution is -2.01. The van der Waals surface area contributed by atoms with Crippen LogP contribution in [0.15, 0.2) is 42.5 Å². The van der Waals surface area contributed by atoms with Gasteiger partial charge in [-0.2, -0.15) is 0 Å². The van der Waals surface area contributed by atoms with Gasteiger partial charge in [-0.1, -0.05) is 6.07 Å². The van der Waals surface area contributed by atoms with E-state index in [2.05, 4.69) is 4.98 Å². The lowest BCUT2D eigenvalue weighted by molar-refractivity contribution is 0.627. The van der Waals surface area contributed by atoms with Gasteiger partial charge in [0.15, 0.2) is 5.82 Å². The molecule has 0 fully saturated rings. The van der Waals surface area contributed by atoms with Crippen molar-refractivity contribution in [2.75, 3.05) is 0 Å². The summed E-state index contributed by atoms with van der Waals surface area (Å²) < 4.78 is 28.6. The molecule has 0 saturated carbocycles. The van der Waals surface area contributed by atoms with Gasteiger partial charge in [-0.15, -0.1) is 11.6 Å². The maximum Gasteiger partial charge on any atom is 0.151 e. The minimum absolute atomic E-state index is 0.263. The van der Waals surface area contributed by atoms with Crippen molar-refractivity contribution in [2.45, 2.75) is 12.3 Å². The molecular formula is C15H11ClF2N2. The van der Waals surface area contributed by atoms with Crippen LogP contribution in [0.2, 0.25) is 0 Å². The summed E-state index contributed by atoms with van der Waals surface area (Å²) >= 11 is 6.13. The number of nitrogens with zero attached hydrogens (tertiary/aromatic N) is 2. The van der Waals surface area contributed by atoms with Crippen LogP contribution in [0.4, 0.5) is 8.78 Å². The Morgan fingerprint density at radius 1 is 1.10 bits per heavy atom. The number of aromatic nitrogens is 2. The molecule has 0 aliphatic carbocycles. The summed E-state index contributed by atoms with van der Waals surface area (Å²) in [5, 5.41) is -0.396. The predicted molar refractivity (Wildman–Crippen MR) is 75.3 cm³/mol. The minimum atomic E-state index is -0.401. The van der Waals surface area contributed by atoms with E-state index in [0.717, 1.165) is 0 Å². The predicted octanol–water partition coefficient (Wildman–Crippen LogP) is 4.60. The standard InChI is InChI=1S/C15H11ClF2N2/c1-9(16)15-19-14-12(18)3-2-4-13(14)20(15)11-7-5-10(17)6-8-11/h2-9H,1H3. The Balaban J connectivity index is 2.35. The van der Waals surface area contributed by atoms with E-state index in [1.54, 1.807) is 35.8 Å². The summed E-state index contributed by atoms with van der Waals surface area (Å²) in [6, 6.07) is 10.7. The summed E-state index contributed by atoms with van der Waals surface area (Å²) in [6.45, 7) is 1.76. The highest BCUT2D eigenvalue weighted by Gasteiger charge is 2.18. The zero-order valence-corrected chi connectivity index (χ0v) is 11.4. The molecular weight excluding hydrogens is 282 g/mol. The lowest BCUT2D eigenvalue weighted by atomic mass is 10.2. The van der Waals surface area contributed by atoms with E-state index < -0.39 is 11.2 Å². The summed E-state index contributed by atoms with van der Waals surface area (Å²) in [5.41, 5.74) is 1.57. The fraction of sp³-hybridized carbons (Fsp3) is 0.133. The van der Waals surface area contributed by atoms with E-state index in [9.17, 15) is 8.78 Å². The molecule has 0 amide bonds. The van der Waals surface area contributed by atoms with E-state index in [1.807, 2.05) is 0 Å². The number of fused-ring (bicyclic) bond motifs is 1. The van der Waals surface area contributed by atoms with Crippen LogP contribution < -0.4 is 0 Å². The number of halogens is 3. The largest absolute Gasteiger partial charge is 0.295 e. The van der Waals surface area contributed by atoms with Crippen molar-refractivity contribution in [3.8, 4) is 5.69 Å². The zero-order chi connectivity index (χ0) is 14.3. The summed E-state index contributed by atoms with van der Waals surface area (Å²) in [6.07, 6.45) is 0. The van der Waals surface area contributed by atoms with Crippen molar-refractivity contribution in [3.63, 3.8) is 0 Å². The molecule has 2 aromatic carbocycles. The molecule has 20 heavy (non-hydrogen) atoms. The maximum absolute atomic E-state index is 13.8. The fourth-order valence-electron chi connectivity index (χ4n) is 2.21. The molecule has 5 heteroatoms. The normalized spacial score (nSPS) is 12.8. The van der Waals surface area contributed by atoms with Gasteiger partial charge in [0.1, 0.15) is 17.2 Å². The summed E-state index contributed by atoms with van der Waals surface area (Å²) in [4.78, 5) is 4.27. The van der Waals surface area contributed by atoms with Gasteiger partial charge in [0.25, 0.3) is 0 Å². The number of hydrogen-bond donors (Lipinski definition) is 0. The second-order valence-electron chi connectivity index (χ2n) is 4.51. The maximum atomic E-state index is 13.8. The Morgan fingerprint density at radius 2 is 1.80 bits per heavy atom. The first-order valence-electron chi connectivity index (χ1n) is 6.15. The number of rotatable bonds is 2. The van der Waals surface area contributed by atoms with Crippen molar-refractivity contribution in [2.24, 2.45) is 0 Å². The van der Waals surface area contributed by atoms with E-state index in [-0.39, 0.29) is 11.3 Å². The average Bonchev–Trinajstić information content (AvgIpc) is 2.81. The quantitative estimate of drug-likeness (QED) is 0.631. The molecule has 0 spiro atoms. The van der Waals surface area contributed by atoms with Crippen LogP contribution in [0, 0.1) is 11.6 Å². The van der Waals surface area contributed by atoms with Crippen LogP contribution >= 0.6 is 11.6 Å². The minimum Gasteiger partial charge on any atom is -0.295 e. The molecule has 3 rings (SSSR count). The summed E-state index contributed by atoms with van der Waals surface area (Å²) in [5.74, 6) is -0.204. The molecule has 0 N–H and O–H groups in total. The van der Waals surface area contributed by atoms with E-state index in [0.29, 0.717) is 17.0 Å². The summed E-state index contributed by atoms with van der Waals surface area (Å²) in [7, 11) is 0. The molecule has 0 bridgehead atoms. The number of para-hydroxylation sites is 1. The van der Waals surface area contributed by atoms with Crippen molar-refractivity contribution in [1.29, 1.82) is 0 Å². The Bertz CT molecular complexity index is 763. The molecule has 0 aliphatic heterocycles. The van der Waals surface area contributed by atoms with Gasteiger partial charge >= 0.3 is 0 Å². The van der Waals surface area contributed by atoms with Crippen molar-refractivity contribution >= 4 is 22.6 Å². The SMILES string of the molecule is CC(Cl)c1nc2c(F)cccc2n1-c1ccc(F)cc1. The molecule has 1 aromatic heterocycles. The van der Waals surface area contributed by atoms with E-state index in [1.165, 1.54) is 18.2 Å². The first kappa shape index (κ1) is 13.1. The first-order chi connectivity index (χ1) is 9.58. The molecule has 1 unspecified atom stereocenters. The molecule has 1 heterocycles. The molecule has 1 atom stereocenters. The topological polar surface area (TPSA) is 17.8 Å². The van der Waals surface area contributed by atoms with Gasteiger partial charge < -0.3 is 0 Å². The smallest absolute Gasteiger partial charge is 0.151 e. The monoisotopic (exact) mass is 292 g/mol. The fourth-order valence-corrected chi connectivity index (χ4v) is 2.36. The second kappa shape index (κ2) is 4.87. The molecule has 0 aliphatic rings. The molecule has 102 valence electrons. The van der Waals surface area contributed by atoms with Crippen LogP contribution in [0.3, 0.4) is 0 Å². The molecule has 0 radical (unpaired) electrons. The van der Waals surface area contributed by atoms with Gasteiger partial charge in [0.2, 0.25) is 0 Å². The third-order valence-electron chi connectivity index (χ3n) is 3.10. The van der Waals surface area contributed by atoms with Crippen molar-refractivity contribution < 1.29 is 8.78 Å². The number of benzene rings is 2. The number of hydrogen-bond acceptors (Lipinski definition) is 1. The van der Waals surface area contributed by atoms with Gasteiger partial charge in [0.05, 0.1) is 10.9 Å². The third kappa shape index (κ3) is 2.06. The van der Waals surface area contributed by atoms with Gasteiger partial charge in [-0.05, 0) is 43.3 Å². The van der Waals surface area contributed by atoms with Crippen molar-refractivity contribution in [1.82, 2.24) is 9.55 Å². The van der Waals surface area contributed by atoms with Gasteiger partial charge in [-0.3, -0.25) is 4.57 Å². The van der Waals surface area contributed by atoms with E-state index in [4.69, 9.17) is 11.6 Å². The Kier molecular flexibility index (Phi) is 3.18. The Labute approximate surface area is 119 Å². The highest BCUT2D eigenvalue weighted by molar-refractivity contribution is 6.20. The Morgan fingerprint density at radius 3 is 2.45 bits per heavy atom. The molecule has 2 nitrogen and oxygen atoms in total.